The van der Waals surface area contributed by atoms with Crippen LogP contribution in [0, 0.1) is 11.3 Å². The molecular formula is C13H15N3O. The summed E-state index contributed by atoms with van der Waals surface area (Å²) in [5.74, 6) is 0.00871. The van der Waals surface area contributed by atoms with Crippen LogP contribution in [0.5, 0.6) is 0 Å². The minimum Gasteiger partial charge on any atom is -0.325 e. The summed E-state index contributed by atoms with van der Waals surface area (Å²) < 4.78 is 0. The number of anilines is 1. The highest BCUT2D eigenvalue weighted by Crippen LogP contribution is 2.12. The van der Waals surface area contributed by atoms with Gasteiger partial charge in [0.1, 0.15) is 0 Å². The van der Waals surface area contributed by atoms with Gasteiger partial charge in [0.2, 0.25) is 5.91 Å². The number of nitrogens with one attached hydrogen (secondary N) is 2. The molecule has 1 heterocycles. The van der Waals surface area contributed by atoms with E-state index in [1.807, 2.05) is 6.07 Å². The molecular weight excluding hydrogens is 214 g/mol. The Morgan fingerprint density at radius 1 is 1.35 bits per heavy atom. The van der Waals surface area contributed by atoms with Gasteiger partial charge in [-0.2, -0.15) is 5.26 Å². The van der Waals surface area contributed by atoms with Crippen LogP contribution in [0.15, 0.2) is 24.3 Å². The van der Waals surface area contributed by atoms with Gasteiger partial charge in [0.05, 0.1) is 17.7 Å². The van der Waals surface area contributed by atoms with Crippen LogP contribution in [0.25, 0.3) is 0 Å². The number of piperidine rings is 1. The van der Waals surface area contributed by atoms with Crippen molar-refractivity contribution in [3.05, 3.63) is 29.8 Å². The molecule has 1 amide bonds. The summed E-state index contributed by atoms with van der Waals surface area (Å²) in [6, 6.07) is 8.86. The molecule has 2 rings (SSSR count). The SMILES string of the molecule is N#Cc1ccc(NC(=O)[C@H]2CCCCN2)cc1. The Hall–Kier alpha value is -1.86. The largest absolute Gasteiger partial charge is 0.325 e. The van der Waals surface area contributed by atoms with E-state index < -0.39 is 0 Å². The van der Waals surface area contributed by atoms with Gasteiger partial charge in [-0.05, 0) is 43.7 Å². The number of carbonyl (C=O) groups is 1. The topological polar surface area (TPSA) is 64.9 Å². The smallest absolute Gasteiger partial charge is 0.241 e. The van der Waals surface area contributed by atoms with Crippen molar-refractivity contribution in [3.63, 3.8) is 0 Å². The Balaban J connectivity index is 1.95. The first-order valence-corrected chi connectivity index (χ1v) is 5.84. The molecule has 2 N–H and O–H groups in total. The van der Waals surface area contributed by atoms with E-state index in [0.717, 1.165) is 31.5 Å². The van der Waals surface area contributed by atoms with Crippen molar-refractivity contribution < 1.29 is 4.79 Å². The predicted octanol–water partition coefficient (Wildman–Crippen LogP) is 1.64. The molecule has 0 spiro atoms. The van der Waals surface area contributed by atoms with Crippen LogP contribution in [0.3, 0.4) is 0 Å². The summed E-state index contributed by atoms with van der Waals surface area (Å²) in [7, 11) is 0. The lowest BCUT2D eigenvalue weighted by atomic mass is 10.0. The van der Waals surface area contributed by atoms with Gasteiger partial charge in [0.15, 0.2) is 0 Å². The van der Waals surface area contributed by atoms with Crippen molar-refractivity contribution in [2.24, 2.45) is 0 Å². The van der Waals surface area contributed by atoms with E-state index in [2.05, 4.69) is 10.6 Å². The maximum Gasteiger partial charge on any atom is 0.241 e. The molecule has 1 aromatic carbocycles. The van der Waals surface area contributed by atoms with Crippen LogP contribution < -0.4 is 10.6 Å². The van der Waals surface area contributed by atoms with Crippen molar-refractivity contribution in [1.29, 1.82) is 5.26 Å². The summed E-state index contributed by atoms with van der Waals surface area (Å²) in [4.78, 5) is 11.9. The second kappa shape index (κ2) is 5.46. The van der Waals surface area contributed by atoms with Crippen molar-refractivity contribution in [1.82, 2.24) is 5.32 Å². The fourth-order valence-electron chi connectivity index (χ4n) is 1.93. The first-order chi connectivity index (χ1) is 8.29. The number of benzene rings is 1. The van der Waals surface area contributed by atoms with E-state index in [1.165, 1.54) is 0 Å². The Kier molecular flexibility index (Phi) is 3.73. The normalized spacial score (nSPS) is 19.4. The molecule has 0 saturated carbocycles. The maximum absolute atomic E-state index is 11.9. The molecule has 17 heavy (non-hydrogen) atoms. The monoisotopic (exact) mass is 229 g/mol. The average Bonchev–Trinajstić information content (AvgIpc) is 2.40. The lowest BCUT2D eigenvalue weighted by Gasteiger charge is -2.22. The van der Waals surface area contributed by atoms with Crippen LogP contribution in [0.2, 0.25) is 0 Å². The van der Waals surface area contributed by atoms with Crippen LogP contribution in [-0.4, -0.2) is 18.5 Å². The predicted molar refractivity (Wildman–Crippen MR) is 65.4 cm³/mol. The molecule has 0 radical (unpaired) electrons. The summed E-state index contributed by atoms with van der Waals surface area (Å²) in [5, 5.41) is 14.7. The third-order valence-corrected chi connectivity index (χ3v) is 2.91. The molecule has 88 valence electrons. The maximum atomic E-state index is 11.9. The molecule has 1 aliphatic heterocycles. The molecule has 1 atom stereocenters. The van der Waals surface area contributed by atoms with E-state index >= 15 is 0 Å². The molecule has 4 nitrogen and oxygen atoms in total. The zero-order chi connectivity index (χ0) is 12.1. The molecule has 1 saturated heterocycles. The third kappa shape index (κ3) is 3.05. The quantitative estimate of drug-likeness (QED) is 0.810. The molecule has 0 bridgehead atoms. The number of amides is 1. The number of rotatable bonds is 2. The Morgan fingerprint density at radius 2 is 2.12 bits per heavy atom. The number of hydrogen-bond acceptors (Lipinski definition) is 3. The van der Waals surface area contributed by atoms with Crippen LogP contribution in [-0.2, 0) is 4.79 Å². The summed E-state index contributed by atoms with van der Waals surface area (Å²) in [5.41, 5.74) is 1.33. The standard InChI is InChI=1S/C13H15N3O/c14-9-10-4-6-11(7-5-10)16-13(17)12-3-1-2-8-15-12/h4-7,12,15H,1-3,8H2,(H,16,17)/t12-/m1/s1. The van der Waals surface area contributed by atoms with E-state index in [-0.39, 0.29) is 11.9 Å². The van der Waals surface area contributed by atoms with Gasteiger partial charge in [0, 0.05) is 5.69 Å². The van der Waals surface area contributed by atoms with Crippen molar-refractivity contribution >= 4 is 11.6 Å². The van der Waals surface area contributed by atoms with E-state index in [0.29, 0.717) is 5.56 Å². The van der Waals surface area contributed by atoms with Gasteiger partial charge in [-0.3, -0.25) is 4.79 Å². The fraction of sp³-hybridized carbons (Fsp3) is 0.385. The van der Waals surface area contributed by atoms with Crippen molar-refractivity contribution in [2.45, 2.75) is 25.3 Å². The third-order valence-electron chi connectivity index (χ3n) is 2.91. The second-order valence-electron chi connectivity index (χ2n) is 4.18. The first kappa shape index (κ1) is 11.6. The summed E-state index contributed by atoms with van der Waals surface area (Å²) in [6.45, 7) is 0.908. The highest BCUT2D eigenvalue weighted by molar-refractivity contribution is 5.94. The van der Waals surface area contributed by atoms with Crippen LogP contribution >= 0.6 is 0 Å². The van der Waals surface area contributed by atoms with Crippen molar-refractivity contribution in [2.75, 3.05) is 11.9 Å². The minimum absolute atomic E-state index is 0.00871. The summed E-state index contributed by atoms with van der Waals surface area (Å²) in [6.07, 6.45) is 3.13. The lowest BCUT2D eigenvalue weighted by Crippen LogP contribution is -2.43. The minimum atomic E-state index is -0.0839. The molecule has 1 fully saturated rings. The molecule has 4 heteroatoms. The van der Waals surface area contributed by atoms with E-state index in [4.69, 9.17) is 5.26 Å². The molecule has 0 unspecified atom stereocenters. The highest BCUT2D eigenvalue weighted by atomic mass is 16.2. The van der Waals surface area contributed by atoms with Crippen LogP contribution in [0.4, 0.5) is 5.69 Å². The van der Waals surface area contributed by atoms with Gasteiger partial charge < -0.3 is 10.6 Å². The summed E-state index contributed by atoms with van der Waals surface area (Å²) >= 11 is 0. The fourth-order valence-corrected chi connectivity index (χ4v) is 1.93. The van der Waals surface area contributed by atoms with Gasteiger partial charge in [0.25, 0.3) is 0 Å². The first-order valence-electron chi connectivity index (χ1n) is 5.84. The molecule has 0 aromatic heterocycles. The number of carbonyl (C=O) groups excluding carboxylic acids is 1. The van der Waals surface area contributed by atoms with Crippen LogP contribution in [0.1, 0.15) is 24.8 Å². The second-order valence-corrected chi connectivity index (χ2v) is 4.18. The zero-order valence-electron chi connectivity index (χ0n) is 9.57. The van der Waals surface area contributed by atoms with E-state index in [9.17, 15) is 4.79 Å². The average molecular weight is 229 g/mol. The zero-order valence-corrected chi connectivity index (χ0v) is 9.57. The number of nitriles is 1. The Labute approximate surface area is 101 Å². The molecule has 0 aliphatic carbocycles. The molecule has 1 aromatic rings. The van der Waals surface area contributed by atoms with Gasteiger partial charge >= 0.3 is 0 Å². The lowest BCUT2D eigenvalue weighted by molar-refractivity contribution is -0.118. The highest BCUT2D eigenvalue weighted by Gasteiger charge is 2.20. The molecule has 1 aliphatic rings. The van der Waals surface area contributed by atoms with E-state index in [1.54, 1.807) is 24.3 Å². The number of nitrogens with zero attached hydrogens (tertiary/aromatic N) is 1. The van der Waals surface area contributed by atoms with Gasteiger partial charge in [-0.15, -0.1) is 0 Å². The van der Waals surface area contributed by atoms with Gasteiger partial charge in [-0.1, -0.05) is 6.42 Å². The Bertz CT molecular complexity index is 427. The van der Waals surface area contributed by atoms with Crippen molar-refractivity contribution in [3.8, 4) is 6.07 Å². The number of hydrogen-bond donors (Lipinski definition) is 2. The van der Waals surface area contributed by atoms with Gasteiger partial charge in [-0.25, -0.2) is 0 Å². The Morgan fingerprint density at radius 3 is 2.71 bits per heavy atom.